The smallest absolute Gasteiger partial charge is 0.0198 e. The zero-order valence-corrected chi connectivity index (χ0v) is 11.1. The fourth-order valence-electron chi connectivity index (χ4n) is 3.95. The first kappa shape index (κ1) is 12.0. The summed E-state index contributed by atoms with van der Waals surface area (Å²) in [6.45, 7) is 2.46. The number of hydrogen-bond acceptors (Lipinski definition) is 2. The van der Waals surface area contributed by atoms with Crippen molar-refractivity contribution in [1.82, 2.24) is 10.6 Å². The quantitative estimate of drug-likeness (QED) is 0.717. The Balaban J connectivity index is 1.30. The summed E-state index contributed by atoms with van der Waals surface area (Å²) >= 11 is 0. The first-order chi connectivity index (χ1) is 8.42. The van der Waals surface area contributed by atoms with Crippen LogP contribution in [0.1, 0.15) is 57.8 Å². The van der Waals surface area contributed by atoms with Gasteiger partial charge in [0.25, 0.3) is 0 Å². The lowest BCUT2D eigenvalue weighted by atomic mass is 9.83. The molecule has 2 saturated carbocycles. The summed E-state index contributed by atoms with van der Waals surface area (Å²) in [5.41, 5.74) is 0. The third-order valence-electron chi connectivity index (χ3n) is 5.29. The van der Waals surface area contributed by atoms with Gasteiger partial charge in [-0.25, -0.2) is 0 Å². The Morgan fingerprint density at radius 2 is 1.88 bits per heavy atom. The van der Waals surface area contributed by atoms with Crippen molar-refractivity contribution in [3.05, 3.63) is 0 Å². The Bertz CT molecular complexity index is 223. The molecule has 3 aliphatic rings. The van der Waals surface area contributed by atoms with E-state index in [1.54, 1.807) is 0 Å². The molecule has 1 heterocycles. The van der Waals surface area contributed by atoms with E-state index in [2.05, 4.69) is 10.6 Å². The van der Waals surface area contributed by atoms with Gasteiger partial charge in [0.2, 0.25) is 0 Å². The van der Waals surface area contributed by atoms with Crippen LogP contribution in [0, 0.1) is 11.8 Å². The molecule has 1 saturated heterocycles. The third-order valence-corrected chi connectivity index (χ3v) is 5.29. The van der Waals surface area contributed by atoms with Crippen LogP contribution in [0.3, 0.4) is 0 Å². The molecule has 3 atom stereocenters. The van der Waals surface area contributed by atoms with Crippen LogP contribution in [0.4, 0.5) is 0 Å². The van der Waals surface area contributed by atoms with Gasteiger partial charge in [0, 0.05) is 18.6 Å². The van der Waals surface area contributed by atoms with E-state index in [-0.39, 0.29) is 0 Å². The van der Waals surface area contributed by atoms with Crippen LogP contribution in [-0.2, 0) is 0 Å². The molecule has 0 aromatic rings. The SMILES string of the molecule is C1CC(CCNCC2CC3CCCCC3N2)C1. The average molecular weight is 236 g/mol. The number of nitrogens with one attached hydrogen (secondary N) is 2. The second-order valence-corrected chi connectivity index (χ2v) is 6.54. The topological polar surface area (TPSA) is 24.1 Å². The van der Waals surface area contributed by atoms with Crippen molar-refractivity contribution in [1.29, 1.82) is 0 Å². The van der Waals surface area contributed by atoms with Crippen LogP contribution < -0.4 is 10.6 Å². The lowest BCUT2D eigenvalue weighted by Gasteiger charge is -2.25. The van der Waals surface area contributed by atoms with E-state index in [1.807, 2.05) is 0 Å². The summed E-state index contributed by atoms with van der Waals surface area (Å²) in [5.74, 6) is 2.06. The first-order valence-corrected chi connectivity index (χ1v) is 7.88. The average Bonchev–Trinajstić information content (AvgIpc) is 2.68. The maximum Gasteiger partial charge on any atom is 0.0198 e. The highest BCUT2D eigenvalue weighted by atomic mass is 15.0. The molecule has 0 spiro atoms. The first-order valence-electron chi connectivity index (χ1n) is 7.88. The maximum absolute atomic E-state index is 3.85. The maximum atomic E-state index is 3.85. The molecule has 2 nitrogen and oxygen atoms in total. The highest BCUT2D eigenvalue weighted by Gasteiger charge is 2.34. The summed E-state index contributed by atoms with van der Waals surface area (Å²) in [6, 6.07) is 1.63. The van der Waals surface area contributed by atoms with E-state index >= 15 is 0 Å². The highest BCUT2D eigenvalue weighted by Crippen LogP contribution is 2.33. The molecular formula is C15H28N2. The molecule has 0 aromatic carbocycles. The Morgan fingerprint density at radius 3 is 2.65 bits per heavy atom. The van der Waals surface area contributed by atoms with Gasteiger partial charge in [-0.1, -0.05) is 32.1 Å². The normalized spacial score (nSPS) is 37.8. The largest absolute Gasteiger partial charge is 0.315 e. The summed E-state index contributed by atoms with van der Waals surface area (Å²) in [4.78, 5) is 0. The van der Waals surface area contributed by atoms with E-state index in [0.717, 1.165) is 23.9 Å². The molecule has 2 N–H and O–H groups in total. The lowest BCUT2D eigenvalue weighted by Crippen LogP contribution is -2.39. The van der Waals surface area contributed by atoms with Crippen LogP contribution >= 0.6 is 0 Å². The lowest BCUT2D eigenvalue weighted by molar-refractivity contribution is 0.290. The van der Waals surface area contributed by atoms with Crippen LogP contribution in [-0.4, -0.2) is 25.2 Å². The van der Waals surface area contributed by atoms with E-state index < -0.39 is 0 Å². The Hall–Kier alpha value is -0.0800. The van der Waals surface area contributed by atoms with Crippen LogP contribution in [0.25, 0.3) is 0 Å². The number of fused-ring (bicyclic) bond motifs is 1. The molecule has 2 aliphatic carbocycles. The molecule has 17 heavy (non-hydrogen) atoms. The van der Waals surface area contributed by atoms with Gasteiger partial charge in [-0.05, 0) is 44.1 Å². The zero-order valence-electron chi connectivity index (χ0n) is 11.1. The van der Waals surface area contributed by atoms with Gasteiger partial charge >= 0.3 is 0 Å². The van der Waals surface area contributed by atoms with Crippen molar-refractivity contribution in [2.24, 2.45) is 11.8 Å². The molecule has 0 radical (unpaired) electrons. The van der Waals surface area contributed by atoms with Crippen molar-refractivity contribution in [2.45, 2.75) is 69.9 Å². The van der Waals surface area contributed by atoms with Crippen molar-refractivity contribution in [3.8, 4) is 0 Å². The van der Waals surface area contributed by atoms with Crippen LogP contribution in [0.2, 0.25) is 0 Å². The summed E-state index contributed by atoms with van der Waals surface area (Å²) in [7, 11) is 0. The fraction of sp³-hybridized carbons (Fsp3) is 1.00. The zero-order chi connectivity index (χ0) is 11.5. The van der Waals surface area contributed by atoms with Gasteiger partial charge in [0.1, 0.15) is 0 Å². The van der Waals surface area contributed by atoms with E-state index in [0.29, 0.717) is 0 Å². The molecule has 0 aromatic heterocycles. The minimum atomic E-state index is 0.768. The molecule has 3 rings (SSSR count). The minimum Gasteiger partial charge on any atom is -0.315 e. The second-order valence-electron chi connectivity index (χ2n) is 6.54. The minimum absolute atomic E-state index is 0.768. The number of rotatable bonds is 5. The van der Waals surface area contributed by atoms with Gasteiger partial charge in [0.05, 0.1) is 0 Å². The van der Waals surface area contributed by atoms with Gasteiger partial charge in [-0.2, -0.15) is 0 Å². The molecule has 0 bridgehead atoms. The van der Waals surface area contributed by atoms with Crippen molar-refractivity contribution in [2.75, 3.05) is 13.1 Å². The van der Waals surface area contributed by atoms with Crippen LogP contribution in [0.15, 0.2) is 0 Å². The molecular weight excluding hydrogens is 208 g/mol. The van der Waals surface area contributed by atoms with E-state index in [1.165, 1.54) is 70.9 Å². The van der Waals surface area contributed by atoms with Crippen molar-refractivity contribution < 1.29 is 0 Å². The summed E-state index contributed by atoms with van der Waals surface area (Å²) in [6.07, 6.45) is 13.2. The Morgan fingerprint density at radius 1 is 1.00 bits per heavy atom. The predicted molar refractivity (Wildman–Crippen MR) is 72.1 cm³/mol. The van der Waals surface area contributed by atoms with Gasteiger partial charge in [0.15, 0.2) is 0 Å². The Kier molecular flexibility index (Phi) is 4.02. The number of hydrogen-bond donors (Lipinski definition) is 2. The monoisotopic (exact) mass is 236 g/mol. The molecule has 2 heteroatoms. The third kappa shape index (κ3) is 3.03. The van der Waals surface area contributed by atoms with Crippen LogP contribution in [0.5, 0.6) is 0 Å². The molecule has 98 valence electrons. The standard InChI is InChI=1S/C15H28N2/c1-2-7-15-13(6-1)10-14(17-15)11-16-9-8-12-4-3-5-12/h12-17H,1-11H2. The highest BCUT2D eigenvalue weighted by molar-refractivity contribution is 4.93. The van der Waals surface area contributed by atoms with E-state index in [9.17, 15) is 0 Å². The van der Waals surface area contributed by atoms with E-state index in [4.69, 9.17) is 0 Å². The second kappa shape index (κ2) is 5.71. The van der Waals surface area contributed by atoms with Gasteiger partial charge in [-0.3, -0.25) is 0 Å². The molecule has 3 unspecified atom stereocenters. The molecule has 3 fully saturated rings. The predicted octanol–water partition coefficient (Wildman–Crippen LogP) is 2.69. The summed E-state index contributed by atoms with van der Waals surface area (Å²) < 4.78 is 0. The van der Waals surface area contributed by atoms with Crippen molar-refractivity contribution in [3.63, 3.8) is 0 Å². The molecule has 1 aliphatic heterocycles. The van der Waals surface area contributed by atoms with Gasteiger partial charge < -0.3 is 10.6 Å². The summed E-state index contributed by atoms with van der Waals surface area (Å²) in [5, 5.41) is 7.52. The molecule has 0 amide bonds. The van der Waals surface area contributed by atoms with Gasteiger partial charge in [-0.15, -0.1) is 0 Å². The van der Waals surface area contributed by atoms with Crippen molar-refractivity contribution >= 4 is 0 Å². The fourth-order valence-corrected chi connectivity index (χ4v) is 3.95. The Labute approximate surface area is 106 Å².